The Morgan fingerprint density at radius 2 is 2.25 bits per heavy atom. The highest BCUT2D eigenvalue weighted by molar-refractivity contribution is 5.85. The van der Waals surface area contributed by atoms with Crippen molar-refractivity contribution in [3.8, 4) is 0 Å². The van der Waals surface area contributed by atoms with E-state index in [0.29, 0.717) is 5.92 Å². The van der Waals surface area contributed by atoms with Gasteiger partial charge in [-0.1, -0.05) is 18.2 Å². The van der Waals surface area contributed by atoms with Crippen LogP contribution in [-0.4, -0.2) is 18.6 Å². The molecule has 0 aliphatic heterocycles. The molecule has 0 fully saturated rings. The smallest absolute Gasteiger partial charge is 0.0459 e. The van der Waals surface area contributed by atoms with Crippen LogP contribution in [0.1, 0.15) is 30.0 Å². The number of hydrogen-bond donors (Lipinski definition) is 2. The Morgan fingerprint density at radius 3 is 3.12 bits per heavy atom. The molecule has 16 heavy (non-hydrogen) atoms. The van der Waals surface area contributed by atoms with Gasteiger partial charge in [0.25, 0.3) is 0 Å². The van der Waals surface area contributed by atoms with Crippen LogP contribution in [0.3, 0.4) is 0 Å². The Labute approximate surface area is 96.1 Å². The second kappa shape index (κ2) is 3.95. The van der Waals surface area contributed by atoms with Crippen LogP contribution in [0.25, 0.3) is 10.9 Å². The van der Waals surface area contributed by atoms with E-state index in [-0.39, 0.29) is 0 Å². The van der Waals surface area contributed by atoms with Gasteiger partial charge in [0, 0.05) is 29.1 Å². The van der Waals surface area contributed by atoms with Crippen molar-refractivity contribution in [2.75, 3.05) is 13.6 Å². The van der Waals surface area contributed by atoms with Gasteiger partial charge in [-0.3, -0.25) is 0 Å². The van der Waals surface area contributed by atoms with Gasteiger partial charge in [-0.05, 0) is 37.9 Å². The van der Waals surface area contributed by atoms with Crippen molar-refractivity contribution in [1.29, 1.82) is 0 Å². The van der Waals surface area contributed by atoms with E-state index in [1.54, 1.807) is 5.56 Å². The first kappa shape index (κ1) is 9.91. The first-order valence-corrected chi connectivity index (χ1v) is 6.14. The van der Waals surface area contributed by atoms with Crippen LogP contribution in [0.5, 0.6) is 0 Å². The van der Waals surface area contributed by atoms with Crippen molar-refractivity contribution in [3.05, 3.63) is 35.5 Å². The third-order valence-corrected chi connectivity index (χ3v) is 3.68. The van der Waals surface area contributed by atoms with Crippen LogP contribution >= 0.6 is 0 Å². The van der Waals surface area contributed by atoms with Gasteiger partial charge in [0.2, 0.25) is 0 Å². The first-order chi connectivity index (χ1) is 7.90. The highest BCUT2D eigenvalue weighted by Crippen LogP contribution is 2.35. The molecular weight excluding hydrogens is 196 g/mol. The molecule has 1 aliphatic rings. The molecule has 0 spiro atoms. The zero-order valence-electron chi connectivity index (χ0n) is 9.72. The second-order valence-electron chi connectivity index (χ2n) is 4.71. The van der Waals surface area contributed by atoms with E-state index in [1.807, 2.05) is 7.05 Å². The number of nitrogens with one attached hydrogen (secondary N) is 2. The Kier molecular flexibility index (Phi) is 2.44. The maximum absolute atomic E-state index is 3.61. The molecule has 2 N–H and O–H groups in total. The minimum atomic E-state index is 0.668. The molecule has 0 amide bonds. The molecule has 1 heterocycles. The van der Waals surface area contributed by atoms with Gasteiger partial charge < -0.3 is 10.3 Å². The topological polar surface area (TPSA) is 27.8 Å². The summed E-state index contributed by atoms with van der Waals surface area (Å²) in [6.45, 7) is 1.08. The average molecular weight is 214 g/mol. The lowest BCUT2D eigenvalue weighted by atomic mass is 9.87. The zero-order valence-corrected chi connectivity index (χ0v) is 9.72. The fraction of sp³-hybridized carbons (Fsp3) is 0.429. The fourth-order valence-electron chi connectivity index (χ4n) is 2.96. The minimum Gasteiger partial charge on any atom is -0.358 e. The number of aromatic amines is 1. The number of para-hydroxylation sites is 1. The largest absolute Gasteiger partial charge is 0.358 e. The van der Waals surface area contributed by atoms with Gasteiger partial charge in [0.15, 0.2) is 0 Å². The highest BCUT2D eigenvalue weighted by atomic mass is 14.8. The summed E-state index contributed by atoms with van der Waals surface area (Å²) in [6, 6.07) is 8.67. The quantitative estimate of drug-likeness (QED) is 0.790. The number of fused-ring (bicyclic) bond motifs is 3. The number of aromatic nitrogens is 1. The molecule has 1 aromatic carbocycles. The van der Waals surface area contributed by atoms with Crippen molar-refractivity contribution in [3.63, 3.8) is 0 Å². The molecule has 1 atom stereocenters. The Bertz CT molecular complexity index is 498. The summed E-state index contributed by atoms with van der Waals surface area (Å²) in [5.41, 5.74) is 4.33. The Morgan fingerprint density at radius 1 is 1.38 bits per heavy atom. The third kappa shape index (κ3) is 1.45. The monoisotopic (exact) mass is 214 g/mol. The van der Waals surface area contributed by atoms with Crippen LogP contribution in [-0.2, 0) is 6.42 Å². The molecule has 2 aromatic rings. The lowest BCUT2D eigenvalue weighted by molar-refractivity contribution is 0.522. The van der Waals surface area contributed by atoms with Gasteiger partial charge in [0.1, 0.15) is 0 Å². The maximum Gasteiger partial charge on any atom is 0.0459 e. The SMILES string of the molecule is CNCC1CCCc2c1[nH]c1ccccc21. The number of H-pyrrole nitrogens is 1. The van der Waals surface area contributed by atoms with E-state index >= 15 is 0 Å². The standard InChI is InChI=1S/C14H18N2/c1-15-9-10-5-4-7-12-11-6-2-3-8-13(11)16-14(10)12/h2-3,6,8,10,15-16H,4-5,7,9H2,1H3. The van der Waals surface area contributed by atoms with E-state index in [9.17, 15) is 0 Å². The van der Waals surface area contributed by atoms with Crippen molar-refractivity contribution in [1.82, 2.24) is 10.3 Å². The Hall–Kier alpha value is -1.28. The van der Waals surface area contributed by atoms with Gasteiger partial charge in [-0.15, -0.1) is 0 Å². The van der Waals surface area contributed by atoms with E-state index in [1.165, 1.54) is 35.9 Å². The molecule has 0 bridgehead atoms. The van der Waals surface area contributed by atoms with Gasteiger partial charge in [-0.25, -0.2) is 0 Å². The summed E-state index contributed by atoms with van der Waals surface area (Å²) in [4.78, 5) is 3.61. The number of rotatable bonds is 2. The lowest BCUT2D eigenvalue weighted by Crippen LogP contribution is -2.21. The fourth-order valence-corrected chi connectivity index (χ4v) is 2.96. The lowest BCUT2D eigenvalue weighted by Gasteiger charge is -2.22. The normalized spacial score (nSPS) is 19.9. The number of likely N-dealkylation sites (N-methyl/N-ethyl adjacent to an activating group) is 1. The molecule has 0 radical (unpaired) electrons. The molecule has 0 saturated carbocycles. The van der Waals surface area contributed by atoms with Gasteiger partial charge in [0.05, 0.1) is 0 Å². The molecule has 3 rings (SSSR count). The molecule has 2 nitrogen and oxygen atoms in total. The van der Waals surface area contributed by atoms with E-state index in [0.717, 1.165) is 6.54 Å². The Balaban J connectivity index is 2.13. The third-order valence-electron chi connectivity index (χ3n) is 3.68. The summed E-state index contributed by atoms with van der Waals surface area (Å²) in [6.07, 6.45) is 3.86. The summed E-state index contributed by atoms with van der Waals surface area (Å²) >= 11 is 0. The number of benzene rings is 1. The van der Waals surface area contributed by atoms with Crippen LogP contribution in [0.2, 0.25) is 0 Å². The predicted molar refractivity (Wildman–Crippen MR) is 67.9 cm³/mol. The molecule has 1 aromatic heterocycles. The zero-order chi connectivity index (χ0) is 11.0. The van der Waals surface area contributed by atoms with E-state index < -0.39 is 0 Å². The molecule has 1 unspecified atom stereocenters. The average Bonchev–Trinajstić information content (AvgIpc) is 2.69. The van der Waals surface area contributed by atoms with E-state index in [4.69, 9.17) is 0 Å². The summed E-state index contributed by atoms with van der Waals surface area (Å²) in [5.74, 6) is 0.668. The van der Waals surface area contributed by atoms with Crippen LogP contribution in [0, 0.1) is 0 Å². The van der Waals surface area contributed by atoms with Crippen LogP contribution in [0.15, 0.2) is 24.3 Å². The minimum absolute atomic E-state index is 0.668. The first-order valence-electron chi connectivity index (χ1n) is 6.14. The molecule has 84 valence electrons. The van der Waals surface area contributed by atoms with Crippen LogP contribution in [0.4, 0.5) is 0 Å². The number of hydrogen-bond acceptors (Lipinski definition) is 1. The predicted octanol–water partition coefficient (Wildman–Crippen LogP) is 2.81. The van der Waals surface area contributed by atoms with Crippen LogP contribution < -0.4 is 5.32 Å². The summed E-state index contributed by atoms with van der Waals surface area (Å²) in [5, 5.41) is 4.73. The number of aryl methyl sites for hydroxylation is 1. The molecular formula is C14H18N2. The van der Waals surface area contributed by atoms with Crippen molar-refractivity contribution in [2.45, 2.75) is 25.2 Å². The molecule has 1 aliphatic carbocycles. The summed E-state index contributed by atoms with van der Waals surface area (Å²) < 4.78 is 0. The molecule has 2 heteroatoms. The van der Waals surface area contributed by atoms with Crippen molar-refractivity contribution in [2.24, 2.45) is 0 Å². The highest BCUT2D eigenvalue weighted by Gasteiger charge is 2.23. The van der Waals surface area contributed by atoms with Gasteiger partial charge >= 0.3 is 0 Å². The molecule has 0 saturated heterocycles. The summed E-state index contributed by atoms with van der Waals surface area (Å²) in [7, 11) is 2.04. The maximum atomic E-state index is 3.61. The van der Waals surface area contributed by atoms with E-state index in [2.05, 4.69) is 34.6 Å². The van der Waals surface area contributed by atoms with Gasteiger partial charge in [-0.2, -0.15) is 0 Å². The second-order valence-corrected chi connectivity index (χ2v) is 4.71. The van der Waals surface area contributed by atoms with Crippen molar-refractivity contribution < 1.29 is 0 Å². The van der Waals surface area contributed by atoms with Crippen molar-refractivity contribution >= 4 is 10.9 Å².